The third kappa shape index (κ3) is 1.96. The van der Waals surface area contributed by atoms with E-state index in [2.05, 4.69) is 24.0 Å². The first-order valence-electron chi connectivity index (χ1n) is 4.97. The smallest absolute Gasteiger partial charge is 0.0986 e. The SMILES string of the molecule is CC1CN(C)CC(c2cnn(C)c2)O1. The summed E-state index contributed by atoms with van der Waals surface area (Å²) in [5.74, 6) is 0. The van der Waals surface area contributed by atoms with Gasteiger partial charge in [-0.2, -0.15) is 5.10 Å². The zero-order valence-electron chi connectivity index (χ0n) is 8.97. The van der Waals surface area contributed by atoms with E-state index in [4.69, 9.17) is 4.74 Å². The van der Waals surface area contributed by atoms with E-state index < -0.39 is 0 Å². The van der Waals surface area contributed by atoms with Gasteiger partial charge in [-0.25, -0.2) is 0 Å². The quantitative estimate of drug-likeness (QED) is 0.664. The van der Waals surface area contributed by atoms with Crippen LogP contribution in [0.5, 0.6) is 0 Å². The lowest BCUT2D eigenvalue weighted by molar-refractivity contribution is -0.0715. The molecule has 2 heterocycles. The minimum Gasteiger partial charge on any atom is -0.368 e. The molecule has 2 rings (SSSR count). The van der Waals surface area contributed by atoms with E-state index in [1.807, 2.05) is 24.1 Å². The van der Waals surface area contributed by atoms with Crippen molar-refractivity contribution in [1.29, 1.82) is 0 Å². The summed E-state index contributed by atoms with van der Waals surface area (Å²) in [6.07, 6.45) is 4.39. The Morgan fingerprint density at radius 1 is 1.43 bits per heavy atom. The summed E-state index contributed by atoms with van der Waals surface area (Å²) in [4.78, 5) is 2.30. The van der Waals surface area contributed by atoms with Gasteiger partial charge < -0.3 is 9.64 Å². The van der Waals surface area contributed by atoms with Crippen molar-refractivity contribution in [2.45, 2.75) is 19.1 Å². The van der Waals surface area contributed by atoms with E-state index in [0.29, 0.717) is 6.10 Å². The maximum Gasteiger partial charge on any atom is 0.0986 e. The van der Waals surface area contributed by atoms with Crippen LogP contribution in [0.15, 0.2) is 12.4 Å². The van der Waals surface area contributed by atoms with E-state index in [-0.39, 0.29) is 6.10 Å². The van der Waals surface area contributed by atoms with Gasteiger partial charge in [0.15, 0.2) is 0 Å². The number of rotatable bonds is 1. The van der Waals surface area contributed by atoms with E-state index in [9.17, 15) is 0 Å². The van der Waals surface area contributed by atoms with Crippen LogP contribution in [0.4, 0.5) is 0 Å². The Morgan fingerprint density at radius 3 is 2.79 bits per heavy atom. The van der Waals surface area contributed by atoms with Crippen LogP contribution in [0.2, 0.25) is 0 Å². The van der Waals surface area contributed by atoms with Gasteiger partial charge in [-0.1, -0.05) is 0 Å². The minimum atomic E-state index is 0.178. The molecule has 1 saturated heterocycles. The Morgan fingerprint density at radius 2 is 2.21 bits per heavy atom. The first-order chi connectivity index (χ1) is 6.65. The van der Waals surface area contributed by atoms with Gasteiger partial charge in [-0.3, -0.25) is 4.68 Å². The van der Waals surface area contributed by atoms with Crippen LogP contribution in [0.3, 0.4) is 0 Å². The normalized spacial score (nSPS) is 29.4. The van der Waals surface area contributed by atoms with Gasteiger partial charge in [-0.05, 0) is 14.0 Å². The zero-order chi connectivity index (χ0) is 10.1. The molecule has 2 unspecified atom stereocenters. The Kier molecular flexibility index (Phi) is 2.56. The second-order valence-corrected chi connectivity index (χ2v) is 4.10. The lowest BCUT2D eigenvalue weighted by Gasteiger charge is -2.34. The number of nitrogens with zero attached hydrogens (tertiary/aromatic N) is 3. The monoisotopic (exact) mass is 195 g/mol. The lowest BCUT2D eigenvalue weighted by atomic mass is 10.1. The Hall–Kier alpha value is -0.870. The van der Waals surface area contributed by atoms with Gasteiger partial charge in [-0.15, -0.1) is 0 Å². The molecule has 0 aromatic carbocycles. The fraction of sp³-hybridized carbons (Fsp3) is 0.700. The fourth-order valence-corrected chi connectivity index (χ4v) is 1.95. The molecule has 0 saturated carbocycles. The highest BCUT2D eigenvalue weighted by Gasteiger charge is 2.24. The maximum absolute atomic E-state index is 5.86. The molecule has 1 aliphatic rings. The average molecular weight is 195 g/mol. The van der Waals surface area contributed by atoms with Crippen LogP contribution in [0.25, 0.3) is 0 Å². The highest BCUT2D eigenvalue weighted by atomic mass is 16.5. The first kappa shape index (κ1) is 9.68. The van der Waals surface area contributed by atoms with Gasteiger partial charge in [0.1, 0.15) is 0 Å². The summed E-state index contributed by atoms with van der Waals surface area (Å²) < 4.78 is 7.68. The van der Waals surface area contributed by atoms with Crippen molar-refractivity contribution in [3.63, 3.8) is 0 Å². The van der Waals surface area contributed by atoms with E-state index in [0.717, 1.165) is 13.1 Å². The highest BCUT2D eigenvalue weighted by Crippen LogP contribution is 2.23. The topological polar surface area (TPSA) is 30.3 Å². The largest absolute Gasteiger partial charge is 0.368 e. The number of morpholine rings is 1. The molecule has 0 radical (unpaired) electrons. The molecule has 1 aromatic heterocycles. The number of ether oxygens (including phenoxy) is 1. The van der Waals surface area contributed by atoms with Crippen molar-refractivity contribution in [3.8, 4) is 0 Å². The molecule has 78 valence electrons. The molecule has 0 N–H and O–H groups in total. The minimum absolute atomic E-state index is 0.178. The molecule has 0 bridgehead atoms. The summed E-state index contributed by atoms with van der Waals surface area (Å²) in [5.41, 5.74) is 1.17. The number of hydrogen-bond acceptors (Lipinski definition) is 3. The van der Waals surface area contributed by atoms with E-state index >= 15 is 0 Å². The second kappa shape index (κ2) is 3.71. The first-order valence-corrected chi connectivity index (χ1v) is 4.97. The van der Waals surface area contributed by atoms with Crippen LogP contribution in [-0.4, -0.2) is 40.9 Å². The molecular formula is C10H17N3O. The molecule has 1 aromatic rings. The summed E-state index contributed by atoms with van der Waals surface area (Å²) in [6, 6.07) is 0. The predicted octanol–water partition coefficient (Wildman–Crippen LogP) is 0.812. The third-order valence-corrected chi connectivity index (χ3v) is 2.54. The number of hydrogen-bond donors (Lipinski definition) is 0. The molecule has 4 heteroatoms. The van der Waals surface area contributed by atoms with Gasteiger partial charge in [0.2, 0.25) is 0 Å². The van der Waals surface area contributed by atoms with Crippen molar-refractivity contribution in [2.75, 3.05) is 20.1 Å². The molecular weight excluding hydrogens is 178 g/mol. The summed E-state index contributed by atoms with van der Waals surface area (Å²) in [7, 11) is 4.06. The van der Waals surface area contributed by atoms with Gasteiger partial charge in [0.05, 0.1) is 18.4 Å². The van der Waals surface area contributed by atoms with Crippen molar-refractivity contribution in [2.24, 2.45) is 7.05 Å². The Labute approximate surface area is 84.5 Å². The summed E-state index contributed by atoms with van der Waals surface area (Å²) in [5, 5.41) is 4.16. The molecule has 1 fully saturated rings. The van der Waals surface area contributed by atoms with Crippen molar-refractivity contribution in [1.82, 2.24) is 14.7 Å². The maximum atomic E-state index is 5.86. The molecule has 0 amide bonds. The van der Waals surface area contributed by atoms with Crippen LogP contribution in [0.1, 0.15) is 18.6 Å². The van der Waals surface area contributed by atoms with Crippen molar-refractivity contribution >= 4 is 0 Å². The zero-order valence-corrected chi connectivity index (χ0v) is 8.97. The average Bonchev–Trinajstić information content (AvgIpc) is 2.50. The van der Waals surface area contributed by atoms with Crippen molar-refractivity contribution in [3.05, 3.63) is 18.0 Å². The number of aromatic nitrogens is 2. The van der Waals surface area contributed by atoms with Gasteiger partial charge in [0.25, 0.3) is 0 Å². The van der Waals surface area contributed by atoms with Crippen LogP contribution in [-0.2, 0) is 11.8 Å². The van der Waals surface area contributed by atoms with E-state index in [1.165, 1.54) is 5.56 Å². The molecule has 2 atom stereocenters. The fourth-order valence-electron chi connectivity index (χ4n) is 1.95. The molecule has 1 aliphatic heterocycles. The molecule has 0 aliphatic carbocycles. The van der Waals surface area contributed by atoms with Gasteiger partial charge in [0, 0.05) is 31.9 Å². The summed E-state index contributed by atoms with van der Waals surface area (Å²) in [6.45, 7) is 4.08. The number of likely N-dealkylation sites (N-methyl/N-ethyl adjacent to an activating group) is 1. The third-order valence-electron chi connectivity index (χ3n) is 2.54. The van der Waals surface area contributed by atoms with Crippen LogP contribution >= 0.6 is 0 Å². The second-order valence-electron chi connectivity index (χ2n) is 4.10. The molecule has 4 nitrogen and oxygen atoms in total. The molecule has 14 heavy (non-hydrogen) atoms. The number of aryl methyl sites for hydroxylation is 1. The lowest BCUT2D eigenvalue weighted by Crippen LogP contribution is -2.40. The Bertz CT molecular complexity index is 300. The predicted molar refractivity (Wildman–Crippen MR) is 54.0 cm³/mol. The molecule has 0 spiro atoms. The van der Waals surface area contributed by atoms with E-state index in [1.54, 1.807) is 0 Å². The highest BCUT2D eigenvalue weighted by molar-refractivity contribution is 5.09. The Balaban J connectivity index is 2.10. The van der Waals surface area contributed by atoms with Crippen LogP contribution < -0.4 is 0 Å². The van der Waals surface area contributed by atoms with Gasteiger partial charge >= 0.3 is 0 Å². The van der Waals surface area contributed by atoms with Crippen LogP contribution in [0, 0.1) is 0 Å². The standard InChI is InChI=1S/C10H17N3O/c1-8-5-12(2)7-10(14-8)9-4-11-13(3)6-9/h4,6,8,10H,5,7H2,1-3H3. The van der Waals surface area contributed by atoms with Crippen molar-refractivity contribution < 1.29 is 4.74 Å². The summed E-state index contributed by atoms with van der Waals surface area (Å²) >= 11 is 0.